The second-order valence-corrected chi connectivity index (χ2v) is 9.38. The van der Waals surface area contributed by atoms with E-state index in [4.69, 9.17) is 9.47 Å². The van der Waals surface area contributed by atoms with E-state index in [1.54, 1.807) is 43.5 Å². The van der Waals surface area contributed by atoms with Crippen molar-refractivity contribution < 1.29 is 24.5 Å². The Morgan fingerprint density at radius 2 is 1.86 bits per heavy atom. The summed E-state index contributed by atoms with van der Waals surface area (Å²) in [5, 5.41) is 32.9. The van der Waals surface area contributed by atoms with E-state index in [1.165, 1.54) is 6.07 Å². The lowest BCUT2D eigenvalue weighted by Gasteiger charge is -2.28. The van der Waals surface area contributed by atoms with Gasteiger partial charge < -0.3 is 25.0 Å². The first-order valence-corrected chi connectivity index (χ1v) is 11.7. The summed E-state index contributed by atoms with van der Waals surface area (Å²) in [4.78, 5) is 11.6. The highest BCUT2D eigenvalue weighted by Gasteiger charge is 2.20. The van der Waals surface area contributed by atoms with Crippen molar-refractivity contribution in [1.82, 2.24) is 5.32 Å². The number of nitriles is 1. The predicted molar refractivity (Wildman–Crippen MR) is 139 cm³/mol. The average molecular weight is 489 g/mol. The maximum atomic E-state index is 11.6. The van der Waals surface area contributed by atoms with E-state index in [9.17, 15) is 20.3 Å². The Kier molecular flexibility index (Phi) is 8.70. The van der Waals surface area contributed by atoms with Gasteiger partial charge >= 0.3 is 5.97 Å². The fraction of sp³-hybridized carbons (Fsp3) is 0.310. The van der Waals surface area contributed by atoms with Crippen molar-refractivity contribution in [3.05, 3.63) is 82.9 Å². The first kappa shape index (κ1) is 26.7. The van der Waals surface area contributed by atoms with E-state index in [2.05, 4.69) is 31.3 Å². The van der Waals surface area contributed by atoms with Crippen molar-refractivity contribution in [2.75, 3.05) is 20.3 Å². The third kappa shape index (κ3) is 6.85. The molecule has 0 saturated carbocycles. The summed E-state index contributed by atoms with van der Waals surface area (Å²) in [5.74, 6) is 0.109. The van der Waals surface area contributed by atoms with Gasteiger partial charge in [-0.15, -0.1) is 0 Å². The van der Waals surface area contributed by atoms with Crippen LogP contribution in [0.4, 0.5) is 0 Å². The van der Waals surface area contributed by atoms with Crippen molar-refractivity contribution in [2.45, 2.75) is 38.8 Å². The number of hydrogen-bond donors (Lipinski definition) is 3. The smallest absolute Gasteiger partial charge is 0.336 e. The van der Waals surface area contributed by atoms with Gasteiger partial charge in [-0.05, 0) is 73.7 Å². The van der Waals surface area contributed by atoms with Crippen LogP contribution in [0.15, 0.2) is 60.7 Å². The summed E-state index contributed by atoms with van der Waals surface area (Å²) in [6.07, 6.45) is -0.0574. The molecule has 0 radical (unpaired) electrons. The molecule has 0 amide bonds. The van der Waals surface area contributed by atoms with Crippen LogP contribution in [0, 0.1) is 18.3 Å². The second kappa shape index (κ2) is 11.7. The zero-order valence-electron chi connectivity index (χ0n) is 21.0. The first-order chi connectivity index (χ1) is 17.1. The minimum absolute atomic E-state index is 0.0244. The molecule has 0 spiro atoms. The third-order valence-corrected chi connectivity index (χ3v) is 5.92. The Balaban J connectivity index is 1.63. The number of benzene rings is 3. The number of methoxy groups -OCH3 is 1. The third-order valence-electron chi connectivity index (χ3n) is 5.92. The maximum absolute atomic E-state index is 11.6. The quantitative estimate of drug-likeness (QED) is 0.362. The van der Waals surface area contributed by atoms with Crippen molar-refractivity contribution in [1.29, 1.82) is 5.26 Å². The number of aromatic carboxylic acids is 1. The van der Waals surface area contributed by atoms with Crippen molar-refractivity contribution in [3.63, 3.8) is 0 Å². The number of nitrogens with zero attached hydrogens (tertiary/aromatic N) is 1. The largest absolute Gasteiger partial charge is 0.496 e. The molecule has 0 aliphatic rings. The normalized spacial score (nSPS) is 12.0. The molecular weight excluding hydrogens is 456 g/mol. The van der Waals surface area contributed by atoms with Crippen LogP contribution in [-0.4, -0.2) is 48.1 Å². The number of hydrogen-bond acceptors (Lipinski definition) is 6. The number of nitrogens with one attached hydrogen (secondary N) is 1. The van der Waals surface area contributed by atoms with Gasteiger partial charge in [0.2, 0.25) is 0 Å². The molecular formula is C29H32N2O5. The highest BCUT2D eigenvalue weighted by atomic mass is 16.5. The van der Waals surface area contributed by atoms with E-state index >= 15 is 0 Å². The maximum Gasteiger partial charge on any atom is 0.336 e. The van der Waals surface area contributed by atoms with E-state index in [-0.39, 0.29) is 17.7 Å². The number of carboxylic acids is 1. The average Bonchev–Trinajstić information content (AvgIpc) is 2.86. The van der Waals surface area contributed by atoms with Gasteiger partial charge in [-0.3, -0.25) is 0 Å². The van der Waals surface area contributed by atoms with Gasteiger partial charge in [0.1, 0.15) is 30.3 Å². The number of aryl methyl sites for hydroxylation is 1. The zero-order chi connectivity index (χ0) is 26.3. The Bertz CT molecular complexity index is 1260. The van der Waals surface area contributed by atoms with Crippen LogP contribution in [0.3, 0.4) is 0 Å². The van der Waals surface area contributed by atoms with E-state index in [0.717, 1.165) is 23.3 Å². The summed E-state index contributed by atoms with van der Waals surface area (Å²) in [7, 11) is 1.65. The van der Waals surface area contributed by atoms with Gasteiger partial charge in [0.15, 0.2) is 0 Å². The number of β-amino-alcohol motifs (C(OH)–C–C–N with tert-alkyl or cyclic N) is 1. The minimum atomic E-state index is -1.04. The fourth-order valence-corrected chi connectivity index (χ4v) is 4.09. The van der Waals surface area contributed by atoms with Gasteiger partial charge in [0.05, 0.1) is 18.2 Å². The number of ether oxygens (including phenoxy) is 2. The molecule has 7 nitrogen and oxygen atoms in total. The van der Waals surface area contributed by atoms with Gasteiger partial charge in [0.25, 0.3) is 0 Å². The lowest BCUT2D eigenvalue weighted by molar-refractivity contribution is 0.0697. The fourth-order valence-electron chi connectivity index (χ4n) is 4.09. The van der Waals surface area contributed by atoms with E-state index < -0.39 is 12.1 Å². The number of carboxylic acid groups (broad SMARTS) is 1. The monoisotopic (exact) mass is 488 g/mol. The molecule has 1 atom stereocenters. The van der Waals surface area contributed by atoms with Crippen LogP contribution in [0.2, 0.25) is 0 Å². The van der Waals surface area contributed by atoms with Crippen LogP contribution in [0.5, 0.6) is 11.5 Å². The summed E-state index contributed by atoms with van der Waals surface area (Å²) in [6.45, 7) is 6.41. The van der Waals surface area contributed by atoms with Crippen LogP contribution in [-0.2, 0) is 6.42 Å². The molecule has 0 heterocycles. The highest BCUT2D eigenvalue weighted by Crippen LogP contribution is 2.30. The lowest BCUT2D eigenvalue weighted by atomic mass is 9.93. The molecule has 0 bridgehead atoms. The van der Waals surface area contributed by atoms with E-state index in [1.807, 2.05) is 19.1 Å². The topological polar surface area (TPSA) is 112 Å². The Labute approximate surface area is 211 Å². The molecule has 0 fully saturated rings. The molecule has 0 aliphatic heterocycles. The van der Waals surface area contributed by atoms with E-state index in [0.29, 0.717) is 29.0 Å². The second-order valence-electron chi connectivity index (χ2n) is 9.38. The number of aliphatic hydroxyl groups excluding tert-OH is 1. The van der Waals surface area contributed by atoms with Gasteiger partial charge in [0, 0.05) is 12.1 Å². The lowest BCUT2D eigenvalue weighted by Crippen LogP contribution is -2.46. The Morgan fingerprint density at radius 3 is 2.53 bits per heavy atom. The minimum Gasteiger partial charge on any atom is -0.496 e. The molecule has 3 aromatic rings. The Hall–Kier alpha value is -3.86. The molecule has 0 saturated heterocycles. The summed E-state index contributed by atoms with van der Waals surface area (Å²) in [5.41, 5.74) is 3.56. The standard InChI is InChI=1S/C29H32N2O5/c1-19-13-20(9-12-26(19)35-4)15-29(2,3)31-17-23(32)18-36-27-14-21(10-11-22(27)16-30)24-7-5-6-8-25(24)28(33)34/h5-14,23,31-32H,15,17-18H2,1-4H3,(H,33,34)/t23-/m1/s1. The zero-order valence-corrected chi connectivity index (χ0v) is 21.0. The van der Waals surface area contributed by atoms with Crippen molar-refractivity contribution in [2.24, 2.45) is 0 Å². The van der Waals surface area contributed by atoms with Crippen molar-refractivity contribution in [3.8, 4) is 28.7 Å². The molecule has 3 N–H and O–H groups in total. The molecule has 36 heavy (non-hydrogen) atoms. The molecule has 3 rings (SSSR count). The predicted octanol–water partition coefficient (Wildman–Crippen LogP) is 4.59. The number of rotatable bonds is 11. The van der Waals surface area contributed by atoms with Gasteiger partial charge in [-0.25, -0.2) is 4.79 Å². The summed E-state index contributed by atoms with van der Waals surface area (Å²) < 4.78 is 11.1. The molecule has 3 aromatic carbocycles. The molecule has 0 aromatic heterocycles. The summed E-state index contributed by atoms with van der Waals surface area (Å²) >= 11 is 0. The highest BCUT2D eigenvalue weighted by molar-refractivity contribution is 5.96. The van der Waals surface area contributed by atoms with Crippen LogP contribution in [0.1, 0.15) is 40.9 Å². The number of aliphatic hydroxyl groups is 1. The molecule has 7 heteroatoms. The summed E-state index contributed by atoms with van der Waals surface area (Å²) in [6, 6.07) is 19.7. The number of carbonyl (C=O) groups is 1. The van der Waals surface area contributed by atoms with Gasteiger partial charge in [-0.2, -0.15) is 5.26 Å². The van der Waals surface area contributed by atoms with Crippen LogP contribution < -0.4 is 14.8 Å². The Morgan fingerprint density at radius 1 is 1.11 bits per heavy atom. The first-order valence-electron chi connectivity index (χ1n) is 11.7. The molecule has 0 unspecified atom stereocenters. The van der Waals surface area contributed by atoms with Gasteiger partial charge in [-0.1, -0.05) is 36.4 Å². The van der Waals surface area contributed by atoms with Crippen LogP contribution >= 0.6 is 0 Å². The van der Waals surface area contributed by atoms with Crippen LogP contribution in [0.25, 0.3) is 11.1 Å². The van der Waals surface area contributed by atoms with Crippen molar-refractivity contribution >= 4 is 5.97 Å². The molecule has 0 aliphatic carbocycles. The molecule has 188 valence electrons. The SMILES string of the molecule is COc1ccc(CC(C)(C)NC[C@@H](O)COc2cc(-c3ccccc3C(=O)O)ccc2C#N)cc1C.